The van der Waals surface area contributed by atoms with E-state index < -0.39 is 0 Å². The van der Waals surface area contributed by atoms with Crippen molar-refractivity contribution in [3.63, 3.8) is 0 Å². The molecule has 0 saturated carbocycles. The summed E-state index contributed by atoms with van der Waals surface area (Å²) < 4.78 is 10.9. The Balaban J connectivity index is 2.74. The van der Waals surface area contributed by atoms with Crippen molar-refractivity contribution in [2.45, 2.75) is 38.2 Å². The Kier molecular flexibility index (Phi) is 6.15. The number of halogens is 1. The third kappa shape index (κ3) is 5.11. The Morgan fingerprint density at radius 2 is 2.00 bits per heavy atom. The second kappa shape index (κ2) is 7.38. The van der Waals surface area contributed by atoms with Crippen LogP contribution in [-0.4, -0.2) is 23.9 Å². The number of hydrogen-bond donors (Lipinski definition) is 1. The number of carbonyl (C=O) groups is 1. The smallest absolute Gasteiger partial charge is 0.233 e. The Morgan fingerprint density at radius 1 is 1.32 bits per heavy atom. The van der Waals surface area contributed by atoms with Gasteiger partial charge in [-0.15, -0.1) is 0 Å². The molecule has 1 atom stereocenters. The molecule has 0 aromatic heterocycles. The summed E-state index contributed by atoms with van der Waals surface area (Å²) in [5.74, 6) is 1.34. The summed E-state index contributed by atoms with van der Waals surface area (Å²) in [7, 11) is 1.60. The van der Waals surface area contributed by atoms with Crippen molar-refractivity contribution in [2.75, 3.05) is 7.11 Å². The summed E-state index contributed by atoms with van der Waals surface area (Å²) in [6.07, 6.45) is 0.0914. The molecule has 0 aliphatic heterocycles. The van der Waals surface area contributed by atoms with Gasteiger partial charge in [0.05, 0.1) is 18.0 Å². The quantitative estimate of drug-likeness (QED) is 0.816. The lowest BCUT2D eigenvalue weighted by Crippen LogP contribution is -2.28. The maximum absolute atomic E-state index is 11.5. The molecular formula is C14H20BrNO3. The molecule has 0 radical (unpaired) electrons. The van der Waals surface area contributed by atoms with E-state index in [4.69, 9.17) is 9.47 Å². The molecule has 1 amide bonds. The molecule has 0 saturated heterocycles. The fraction of sp³-hybridized carbons (Fsp3) is 0.500. The van der Waals surface area contributed by atoms with Crippen LogP contribution in [0.25, 0.3) is 0 Å². The zero-order chi connectivity index (χ0) is 14.4. The van der Waals surface area contributed by atoms with E-state index in [-0.39, 0.29) is 16.8 Å². The fourth-order valence-electron chi connectivity index (χ4n) is 1.50. The van der Waals surface area contributed by atoms with E-state index in [1.54, 1.807) is 14.0 Å². The van der Waals surface area contributed by atoms with E-state index in [1.165, 1.54) is 0 Å². The van der Waals surface area contributed by atoms with Crippen molar-refractivity contribution < 1.29 is 14.3 Å². The van der Waals surface area contributed by atoms with Crippen LogP contribution in [0, 0.1) is 0 Å². The largest absolute Gasteiger partial charge is 0.493 e. The summed E-state index contributed by atoms with van der Waals surface area (Å²) in [5.41, 5.74) is 0.967. The number of methoxy groups -OCH3 is 1. The third-order valence-electron chi connectivity index (χ3n) is 2.42. The average molecular weight is 330 g/mol. The van der Waals surface area contributed by atoms with E-state index in [2.05, 4.69) is 21.2 Å². The van der Waals surface area contributed by atoms with Gasteiger partial charge in [0, 0.05) is 6.54 Å². The highest BCUT2D eigenvalue weighted by Crippen LogP contribution is 2.28. The van der Waals surface area contributed by atoms with Crippen LogP contribution in [0.15, 0.2) is 18.2 Å². The maximum atomic E-state index is 11.5. The number of alkyl halides is 1. The van der Waals surface area contributed by atoms with Crippen LogP contribution < -0.4 is 14.8 Å². The lowest BCUT2D eigenvalue weighted by Gasteiger charge is -2.15. The van der Waals surface area contributed by atoms with Crippen LogP contribution >= 0.6 is 15.9 Å². The molecule has 0 aliphatic rings. The van der Waals surface area contributed by atoms with Gasteiger partial charge in [-0.1, -0.05) is 22.0 Å². The fourth-order valence-corrected chi connectivity index (χ4v) is 1.66. The SMILES string of the molecule is COc1cc(CNC(=O)C(C)Br)ccc1OC(C)C. The molecule has 0 bridgehead atoms. The molecule has 0 heterocycles. The zero-order valence-corrected chi connectivity index (χ0v) is 13.3. The highest BCUT2D eigenvalue weighted by atomic mass is 79.9. The van der Waals surface area contributed by atoms with Crippen molar-refractivity contribution in [1.29, 1.82) is 0 Å². The molecule has 0 fully saturated rings. The second-order valence-corrected chi connectivity index (χ2v) is 5.86. The van der Waals surface area contributed by atoms with Crippen molar-refractivity contribution in [2.24, 2.45) is 0 Å². The Morgan fingerprint density at radius 3 is 2.53 bits per heavy atom. The first-order valence-electron chi connectivity index (χ1n) is 6.19. The number of rotatable bonds is 6. The van der Waals surface area contributed by atoms with Crippen LogP contribution in [0.1, 0.15) is 26.3 Å². The van der Waals surface area contributed by atoms with Crippen LogP contribution in [0.5, 0.6) is 11.5 Å². The van der Waals surface area contributed by atoms with Gasteiger partial charge in [-0.05, 0) is 38.5 Å². The number of hydrogen-bond acceptors (Lipinski definition) is 3. The van der Waals surface area contributed by atoms with Gasteiger partial charge < -0.3 is 14.8 Å². The first-order chi connectivity index (χ1) is 8.93. The highest BCUT2D eigenvalue weighted by molar-refractivity contribution is 9.10. The molecule has 0 spiro atoms. The zero-order valence-electron chi connectivity index (χ0n) is 11.7. The first kappa shape index (κ1) is 15.8. The van der Waals surface area contributed by atoms with Crippen LogP contribution in [0.2, 0.25) is 0 Å². The molecule has 1 rings (SSSR count). The molecule has 1 aromatic rings. The molecule has 1 unspecified atom stereocenters. The van der Waals surface area contributed by atoms with Gasteiger partial charge in [0.1, 0.15) is 0 Å². The van der Waals surface area contributed by atoms with Crippen molar-refractivity contribution >= 4 is 21.8 Å². The van der Waals surface area contributed by atoms with E-state index in [0.717, 1.165) is 5.56 Å². The Labute approximate surface area is 122 Å². The summed E-state index contributed by atoms with van der Waals surface area (Å²) in [6, 6.07) is 5.65. The molecule has 106 valence electrons. The summed E-state index contributed by atoms with van der Waals surface area (Å²) in [4.78, 5) is 11.3. The van der Waals surface area contributed by atoms with Gasteiger partial charge in [-0.25, -0.2) is 0 Å². The predicted molar refractivity (Wildman–Crippen MR) is 79.0 cm³/mol. The molecule has 5 heteroatoms. The van der Waals surface area contributed by atoms with Gasteiger partial charge in [0.15, 0.2) is 11.5 Å². The third-order valence-corrected chi connectivity index (χ3v) is 2.83. The monoisotopic (exact) mass is 329 g/mol. The van der Waals surface area contributed by atoms with Crippen LogP contribution in [-0.2, 0) is 11.3 Å². The van der Waals surface area contributed by atoms with Gasteiger partial charge in [0.25, 0.3) is 0 Å². The molecule has 1 N–H and O–H groups in total. The molecule has 1 aromatic carbocycles. The number of ether oxygens (including phenoxy) is 2. The van der Waals surface area contributed by atoms with Crippen LogP contribution in [0.3, 0.4) is 0 Å². The van der Waals surface area contributed by atoms with E-state index >= 15 is 0 Å². The summed E-state index contributed by atoms with van der Waals surface area (Å²) in [6.45, 7) is 6.18. The maximum Gasteiger partial charge on any atom is 0.233 e. The number of nitrogens with one attached hydrogen (secondary N) is 1. The lowest BCUT2D eigenvalue weighted by atomic mass is 10.2. The van der Waals surface area contributed by atoms with Gasteiger partial charge >= 0.3 is 0 Å². The Bertz CT molecular complexity index is 433. The lowest BCUT2D eigenvalue weighted by molar-refractivity contribution is -0.120. The standard InChI is InChI=1S/C14H20BrNO3/c1-9(2)19-12-6-5-11(7-13(12)18-4)8-16-14(17)10(3)15/h5-7,9-10H,8H2,1-4H3,(H,16,17). The summed E-state index contributed by atoms with van der Waals surface area (Å²) >= 11 is 3.22. The molecule has 0 aliphatic carbocycles. The van der Waals surface area contributed by atoms with Gasteiger partial charge in [-0.2, -0.15) is 0 Å². The Hall–Kier alpha value is -1.23. The highest BCUT2D eigenvalue weighted by Gasteiger charge is 2.10. The predicted octanol–water partition coefficient (Wildman–Crippen LogP) is 2.88. The topological polar surface area (TPSA) is 47.6 Å². The average Bonchev–Trinajstić information content (AvgIpc) is 2.36. The molecular weight excluding hydrogens is 310 g/mol. The van der Waals surface area contributed by atoms with E-state index in [9.17, 15) is 4.79 Å². The summed E-state index contributed by atoms with van der Waals surface area (Å²) in [5, 5.41) is 2.83. The number of carbonyl (C=O) groups excluding carboxylic acids is 1. The number of amides is 1. The molecule has 4 nitrogen and oxygen atoms in total. The van der Waals surface area contributed by atoms with Crippen molar-refractivity contribution in [1.82, 2.24) is 5.32 Å². The van der Waals surface area contributed by atoms with Gasteiger partial charge in [0.2, 0.25) is 5.91 Å². The second-order valence-electron chi connectivity index (χ2n) is 4.49. The molecule has 19 heavy (non-hydrogen) atoms. The van der Waals surface area contributed by atoms with Crippen molar-refractivity contribution in [3.8, 4) is 11.5 Å². The van der Waals surface area contributed by atoms with Crippen molar-refractivity contribution in [3.05, 3.63) is 23.8 Å². The van der Waals surface area contributed by atoms with Crippen LogP contribution in [0.4, 0.5) is 0 Å². The minimum absolute atomic E-state index is 0.0403. The minimum atomic E-state index is -0.196. The van der Waals surface area contributed by atoms with E-state index in [0.29, 0.717) is 18.0 Å². The van der Waals surface area contributed by atoms with E-state index in [1.807, 2.05) is 32.0 Å². The minimum Gasteiger partial charge on any atom is -0.493 e. The number of benzene rings is 1. The normalized spacial score (nSPS) is 12.1. The first-order valence-corrected chi connectivity index (χ1v) is 7.11. The van der Waals surface area contributed by atoms with Gasteiger partial charge in [-0.3, -0.25) is 4.79 Å².